The molecule has 1 aliphatic carbocycles. The summed E-state index contributed by atoms with van der Waals surface area (Å²) in [6, 6.07) is 0. The Bertz CT molecular complexity index is 136. The van der Waals surface area contributed by atoms with Gasteiger partial charge in [0.05, 0.1) is 0 Å². The van der Waals surface area contributed by atoms with Gasteiger partial charge in [-0.1, -0.05) is 12.2 Å². The lowest BCUT2D eigenvalue weighted by Gasteiger charge is -2.01. The molecule has 1 nitrogen and oxygen atoms in total. The highest BCUT2D eigenvalue weighted by molar-refractivity contribution is 5.75. The Kier molecular flexibility index (Phi) is 2.04. The maximum Gasteiger partial charge on any atom is 0.130 e. The average molecular weight is 124 g/mol. The number of hydrogen-bond acceptors (Lipinski definition) is 1. The fourth-order valence-electron chi connectivity index (χ4n) is 1.23. The molecule has 0 fully saturated rings. The van der Waals surface area contributed by atoms with Crippen LogP contribution < -0.4 is 0 Å². The van der Waals surface area contributed by atoms with Crippen molar-refractivity contribution in [3.05, 3.63) is 12.2 Å². The number of carbonyl (C=O) groups is 1. The normalized spacial score (nSPS) is 24.8. The van der Waals surface area contributed by atoms with E-state index in [1.807, 2.05) is 0 Å². The summed E-state index contributed by atoms with van der Waals surface area (Å²) in [6.45, 7) is 1.66. The van der Waals surface area contributed by atoms with Crippen LogP contribution in [0.15, 0.2) is 12.2 Å². The zero-order valence-corrected chi connectivity index (χ0v) is 5.76. The van der Waals surface area contributed by atoms with Gasteiger partial charge in [0, 0.05) is 6.42 Å². The third kappa shape index (κ3) is 2.00. The Balaban J connectivity index is 2.28. The third-order valence-corrected chi connectivity index (χ3v) is 1.66. The van der Waals surface area contributed by atoms with Crippen LogP contribution in [0.5, 0.6) is 0 Å². The van der Waals surface area contributed by atoms with Crippen LogP contribution in [0.3, 0.4) is 0 Å². The van der Waals surface area contributed by atoms with Crippen LogP contribution in [-0.4, -0.2) is 5.78 Å². The summed E-state index contributed by atoms with van der Waals surface area (Å²) >= 11 is 0. The lowest BCUT2D eigenvalue weighted by molar-refractivity contribution is -0.117. The molecule has 0 radical (unpaired) electrons. The number of hydrogen-bond donors (Lipinski definition) is 0. The van der Waals surface area contributed by atoms with E-state index in [1.54, 1.807) is 6.92 Å². The van der Waals surface area contributed by atoms with E-state index >= 15 is 0 Å². The smallest absolute Gasteiger partial charge is 0.130 e. The van der Waals surface area contributed by atoms with Gasteiger partial charge < -0.3 is 4.79 Å². The van der Waals surface area contributed by atoms with Crippen LogP contribution in [0, 0.1) is 5.92 Å². The number of allylic oxidation sites excluding steroid dienone is 2. The van der Waals surface area contributed by atoms with E-state index in [-0.39, 0.29) is 0 Å². The van der Waals surface area contributed by atoms with Crippen LogP contribution >= 0.6 is 0 Å². The van der Waals surface area contributed by atoms with Crippen molar-refractivity contribution in [2.75, 3.05) is 0 Å². The minimum Gasteiger partial charge on any atom is -0.300 e. The van der Waals surface area contributed by atoms with E-state index < -0.39 is 0 Å². The van der Waals surface area contributed by atoms with E-state index in [1.165, 1.54) is 6.42 Å². The zero-order valence-electron chi connectivity index (χ0n) is 5.76. The molecule has 0 aromatic heterocycles. The molecule has 0 aliphatic heterocycles. The fourth-order valence-corrected chi connectivity index (χ4v) is 1.23. The van der Waals surface area contributed by atoms with Crippen LogP contribution in [0.1, 0.15) is 26.2 Å². The van der Waals surface area contributed by atoms with Crippen molar-refractivity contribution in [1.82, 2.24) is 0 Å². The van der Waals surface area contributed by atoms with E-state index in [0.717, 1.165) is 12.8 Å². The van der Waals surface area contributed by atoms with Crippen molar-refractivity contribution in [3.63, 3.8) is 0 Å². The standard InChI is InChI=1S/C8H12O/c1-7(9)6-8-4-2-3-5-8/h2,4,8H,3,5-6H2,1H3/t8-/m0/s1. The average Bonchev–Trinajstić information content (AvgIpc) is 2.15. The Morgan fingerprint density at radius 1 is 1.78 bits per heavy atom. The minimum atomic E-state index is 0.312. The first-order valence-corrected chi connectivity index (χ1v) is 3.45. The van der Waals surface area contributed by atoms with Gasteiger partial charge in [0.25, 0.3) is 0 Å². The van der Waals surface area contributed by atoms with E-state index in [4.69, 9.17) is 0 Å². The molecule has 0 saturated carbocycles. The van der Waals surface area contributed by atoms with Crippen molar-refractivity contribution in [1.29, 1.82) is 0 Å². The van der Waals surface area contributed by atoms with Crippen molar-refractivity contribution in [2.45, 2.75) is 26.2 Å². The highest BCUT2D eigenvalue weighted by Gasteiger charge is 2.10. The molecule has 0 aromatic carbocycles. The summed E-state index contributed by atoms with van der Waals surface area (Å²) < 4.78 is 0. The fraction of sp³-hybridized carbons (Fsp3) is 0.625. The molecule has 50 valence electrons. The molecular weight excluding hydrogens is 112 g/mol. The minimum absolute atomic E-state index is 0.312. The summed E-state index contributed by atoms with van der Waals surface area (Å²) in [5, 5.41) is 0. The summed E-state index contributed by atoms with van der Waals surface area (Å²) in [5.74, 6) is 0.869. The first-order valence-electron chi connectivity index (χ1n) is 3.45. The zero-order chi connectivity index (χ0) is 6.69. The predicted molar refractivity (Wildman–Crippen MR) is 37.2 cm³/mol. The van der Waals surface area contributed by atoms with E-state index in [9.17, 15) is 4.79 Å². The highest BCUT2D eigenvalue weighted by Crippen LogP contribution is 2.19. The van der Waals surface area contributed by atoms with Gasteiger partial charge in [-0.25, -0.2) is 0 Å². The molecule has 0 bridgehead atoms. The van der Waals surface area contributed by atoms with Crippen LogP contribution in [0.4, 0.5) is 0 Å². The third-order valence-electron chi connectivity index (χ3n) is 1.66. The van der Waals surface area contributed by atoms with Crippen molar-refractivity contribution in [2.24, 2.45) is 5.92 Å². The van der Waals surface area contributed by atoms with Gasteiger partial charge in [0.15, 0.2) is 0 Å². The molecule has 0 spiro atoms. The van der Waals surface area contributed by atoms with Gasteiger partial charge in [-0.2, -0.15) is 0 Å². The monoisotopic (exact) mass is 124 g/mol. The molecule has 1 aliphatic rings. The number of carbonyl (C=O) groups excluding carboxylic acids is 1. The Morgan fingerprint density at radius 3 is 3.00 bits per heavy atom. The largest absolute Gasteiger partial charge is 0.300 e. The molecule has 9 heavy (non-hydrogen) atoms. The topological polar surface area (TPSA) is 17.1 Å². The molecule has 0 unspecified atom stereocenters. The SMILES string of the molecule is CC(=O)C[C@H]1C=CCC1. The van der Waals surface area contributed by atoms with E-state index in [2.05, 4.69) is 12.2 Å². The second-order valence-electron chi connectivity index (χ2n) is 2.67. The summed E-state index contributed by atoms with van der Waals surface area (Å²) in [4.78, 5) is 10.6. The lowest BCUT2D eigenvalue weighted by atomic mass is 10.0. The van der Waals surface area contributed by atoms with Gasteiger partial charge in [-0.05, 0) is 25.7 Å². The summed E-state index contributed by atoms with van der Waals surface area (Å²) in [6.07, 6.45) is 7.41. The Labute approximate surface area is 55.8 Å². The first-order chi connectivity index (χ1) is 4.29. The van der Waals surface area contributed by atoms with Gasteiger partial charge in [-0.15, -0.1) is 0 Å². The number of Topliss-reactive ketones (excluding diaryl/α,β-unsaturated/α-hetero) is 1. The van der Waals surface area contributed by atoms with Gasteiger partial charge in [-0.3, -0.25) is 0 Å². The van der Waals surface area contributed by atoms with Crippen LogP contribution in [-0.2, 0) is 4.79 Å². The van der Waals surface area contributed by atoms with Crippen molar-refractivity contribution in [3.8, 4) is 0 Å². The maximum atomic E-state index is 10.6. The molecular formula is C8H12O. The van der Waals surface area contributed by atoms with Gasteiger partial charge in [0.2, 0.25) is 0 Å². The second-order valence-corrected chi connectivity index (χ2v) is 2.67. The summed E-state index contributed by atoms with van der Waals surface area (Å²) in [7, 11) is 0. The predicted octanol–water partition coefficient (Wildman–Crippen LogP) is 1.93. The first kappa shape index (κ1) is 6.53. The Morgan fingerprint density at radius 2 is 2.56 bits per heavy atom. The van der Waals surface area contributed by atoms with Crippen LogP contribution in [0.2, 0.25) is 0 Å². The van der Waals surface area contributed by atoms with Gasteiger partial charge >= 0.3 is 0 Å². The molecule has 1 heteroatoms. The van der Waals surface area contributed by atoms with Crippen LogP contribution in [0.25, 0.3) is 0 Å². The maximum absolute atomic E-state index is 10.6. The molecule has 0 amide bonds. The highest BCUT2D eigenvalue weighted by atomic mass is 16.1. The molecule has 0 N–H and O–H groups in total. The lowest BCUT2D eigenvalue weighted by Crippen LogP contribution is -1.98. The van der Waals surface area contributed by atoms with Crippen molar-refractivity contribution >= 4 is 5.78 Å². The quantitative estimate of drug-likeness (QED) is 0.514. The Hall–Kier alpha value is -0.590. The second kappa shape index (κ2) is 2.81. The van der Waals surface area contributed by atoms with Crippen molar-refractivity contribution < 1.29 is 4.79 Å². The molecule has 1 atom stereocenters. The summed E-state index contributed by atoms with van der Waals surface area (Å²) in [5.41, 5.74) is 0. The van der Waals surface area contributed by atoms with Gasteiger partial charge in [0.1, 0.15) is 5.78 Å². The number of ketones is 1. The number of rotatable bonds is 2. The van der Waals surface area contributed by atoms with E-state index in [0.29, 0.717) is 11.7 Å². The molecule has 1 rings (SSSR count). The molecule has 0 heterocycles. The molecule has 0 aromatic rings. The molecule has 0 saturated heterocycles.